The van der Waals surface area contributed by atoms with E-state index in [-0.39, 0.29) is 0 Å². The number of nitrogens with one attached hydrogen (secondary N) is 1. The van der Waals surface area contributed by atoms with Crippen LogP contribution >= 0.6 is 0 Å². The lowest BCUT2D eigenvalue weighted by molar-refractivity contribution is 0.282. The third-order valence-corrected chi connectivity index (χ3v) is 4.50. The molecule has 3 rings (SSSR count). The summed E-state index contributed by atoms with van der Waals surface area (Å²) in [6.07, 6.45) is 3.39. The van der Waals surface area contributed by atoms with Crippen LogP contribution < -0.4 is 0 Å². The van der Waals surface area contributed by atoms with E-state index in [1.54, 1.807) is 0 Å². The second-order valence-electron chi connectivity index (χ2n) is 5.80. The van der Waals surface area contributed by atoms with E-state index in [0.29, 0.717) is 12.0 Å². The zero-order valence-corrected chi connectivity index (χ0v) is 11.6. The Hall–Kier alpha value is -1.79. The zero-order chi connectivity index (χ0) is 13.6. The van der Waals surface area contributed by atoms with E-state index in [1.165, 1.54) is 17.4 Å². The fourth-order valence-electron chi connectivity index (χ4n) is 2.99. The summed E-state index contributed by atoms with van der Waals surface area (Å²) in [7, 11) is 4.29. The number of aromatic nitrogens is 1. The first-order chi connectivity index (χ1) is 9.11. The van der Waals surface area contributed by atoms with Crippen LogP contribution in [0.3, 0.4) is 0 Å². The number of rotatable bonds is 3. The van der Waals surface area contributed by atoms with Gasteiger partial charge in [-0.1, -0.05) is 6.07 Å². The maximum atomic E-state index is 7.14. The number of hydrogen-bond acceptors (Lipinski definition) is 1. The highest BCUT2D eigenvalue weighted by Gasteiger charge is 2.43. The van der Waals surface area contributed by atoms with Gasteiger partial charge in [-0.25, -0.2) is 4.85 Å². The van der Waals surface area contributed by atoms with Crippen molar-refractivity contribution in [2.45, 2.75) is 25.3 Å². The molecule has 1 aromatic heterocycles. The molecule has 1 heterocycles. The molecule has 3 nitrogen and oxygen atoms in total. The van der Waals surface area contributed by atoms with E-state index in [1.807, 2.05) is 18.2 Å². The van der Waals surface area contributed by atoms with Crippen molar-refractivity contribution in [2.75, 3.05) is 14.1 Å². The van der Waals surface area contributed by atoms with Gasteiger partial charge in [-0.3, -0.25) is 0 Å². The number of aromatic amines is 1. The number of nitrogens with zero attached hydrogens (tertiary/aromatic N) is 2. The standard InChI is InChI=1S/C16H19N3/c1-10(19(3)4)12-8-13(12)15-9-18-16-6-5-11(17-2)7-14(15)16/h5-7,9-10,12-13,18H,8H2,1,3-4H3. The highest BCUT2D eigenvalue weighted by Crippen LogP contribution is 2.52. The topological polar surface area (TPSA) is 23.4 Å². The molecule has 1 N–H and O–H groups in total. The van der Waals surface area contributed by atoms with Gasteiger partial charge >= 0.3 is 0 Å². The van der Waals surface area contributed by atoms with E-state index in [9.17, 15) is 0 Å². The molecule has 0 radical (unpaired) electrons. The van der Waals surface area contributed by atoms with Gasteiger partial charge in [-0.2, -0.15) is 0 Å². The molecule has 0 amide bonds. The second-order valence-corrected chi connectivity index (χ2v) is 5.80. The van der Waals surface area contributed by atoms with Crippen molar-refractivity contribution in [1.29, 1.82) is 0 Å². The SMILES string of the molecule is [C-]#[N+]c1ccc2[nH]cc(C3CC3C(C)N(C)C)c2c1. The minimum Gasteiger partial charge on any atom is -0.361 e. The molecule has 0 spiro atoms. The Morgan fingerprint density at radius 1 is 1.42 bits per heavy atom. The van der Waals surface area contributed by atoms with E-state index >= 15 is 0 Å². The van der Waals surface area contributed by atoms with Gasteiger partial charge in [0.1, 0.15) is 0 Å². The summed E-state index contributed by atoms with van der Waals surface area (Å²) in [5.74, 6) is 1.39. The van der Waals surface area contributed by atoms with Crippen molar-refractivity contribution in [1.82, 2.24) is 9.88 Å². The molecule has 1 aliphatic rings. The van der Waals surface area contributed by atoms with Crippen molar-refractivity contribution in [3.63, 3.8) is 0 Å². The van der Waals surface area contributed by atoms with Gasteiger partial charge in [0.15, 0.2) is 5.69 Å². The fourth-order valence-corrected chi connectivity index (χ4v) is 2.99. The predicted octanol–water partition coefficient (Wildman–Crippen LogP) is 3.77. The molecule has 3 heteroatoms. The van der Waals surface area contributed by atoms with Gasteiger partial charge in [0, 0.05) is 17.8 Å². The van der Waals surface area contributed by atoms with E-state index in [0.717, 1.165) is 17.1 Å². The Balaban J connectivity index is 1.93. The van der Waals surface area contributed by atoms with Gasteiger partial charge in [0.2, 0.25) is 0 Å². The Kier molecular flexibility index (Phi) is 2.83. The Labute approximate surface area is 114 Å². The first kappa shape index (κ1) is 12.3. The molecular weight excluding hydrogens is 234 g/mol. The summed E-state index contributed by atoms with van der Waals surface area (Å²) in [4.78, 5) is 9.16. The predicted molar refractivity (Wildman–Crippen MR) is 78.6 cm³/mol. The minimum absolute atomic E-state index is 0.610. The van der Waals surface area contributed by atoms with Crippen LogP contribution in [0.4, 0.5) is 5.69 Å². The molecule has 3 atom stereocenters. The summed E-state index contributed by atoms with van der Waals surface area (Å²) < 4.78 is 0. The maximum Gasteiger partial charge on any atom is 0.187 e. The van der Waals surface area contributed by atoms with Crippen LogP contribution in [-0.2, 0) is 0 Å². The normalized spacial score (nSPS) is 23.5. The van der Waals surface area contributed by atoms with E-state index in [2.05, 4.69) is 41.9 Å². The quantitative estimate of drug-likeness (QED) is 0.827. The van der Waals surface area contributed by atoms with Crippen molar-refractivity contribution in [2.24, 2.45) is 5.92 Å². The molecule has 0 aliphatic heterocycles. The van der Waals surface area contributed by atoms with Gasteiger partial charge in [-0.05, 0) is 62.4 Å². The van der Waals surface area contributed by atoms with Crippen molar-refractivity contribution in [3.8, 4) is 0 Å². The molecule has 19 heavy (non-hydrogen) atoms. The number of hydrogen-bond donors (Lipinski definition) is 1. The van der Waals surface area contributed by atoms with Crippen molar-refractivity contribution < 1.29 is 0 Å². The lowest BCUT2D eigenvalue weighted by Gasteiger charge is -2.19. The van der Waals surface area contributed by atoms with Crippen LogP contribution in [-0.4, -0.2) is 30.0 Å². The molecule has 3 unspecified atom stereocenters. The summed E-state index contributed by atoms with van der Waals surface area (Å²) in [5, 5.41) is 1.23. The van der Waals surface area contributed by atoms with Crippen molar-refractivity contribution in [3.05, 3.63) is 41.4 Å². The number of fused-ring (bicyclic) bond motifs is 1. The van der Waals surface area contributed by atoms with Gasteiger partial charge < -0.3 is 9.88 Å². The summed E-state index contributed by atoms with van der Waals surface area (Å²) in [6, 6.07) is 6.52. The van der Waals surface area contributed by atoms with Gasteiger partial charge in [-0.15, -0.1) is 0 Å². The highest BCUT2D eigenvalue weighted by atomic mass is 15.1. The minimum atomic E-state index is 0.610. The van der Waals surface area contributed by atoms with E-state index in [4.69, 9.17) is 6.57 Å². The lowest BCUT2D eigenvalue weighted by Crippen LogP contribution is -2.26. The zero-order valence-electron chi connectivity index (χ0n) is 11.6. The smallest absolute Gasteiger partial charge is 0.187 e. The van der Waals surface area contributed by atoms with Gasteiger partial charge in [0.05, 0.1) is 6.57 Å². The van der Waals surface area contributed by atoms with E-state index < -0.39 is 0 Å². The maximum absolute atomic E-state index is 7.14. The number of benzene rings is 1. The third-order valence-electron chi connectivity index (χ3n) is 4.50. The third kappa shape index (κ3) is 2.02. The van der Waals surface area contributed by atoms with Crippen LogP contribution in [0.2, 0.25) is 0 Å². The van der Waals surface area contributed by atoms with Crippen LogP contribution in [0.15, 0.2) is 24.4 Å². The molecule has 1 aliphatic carbocycles. The average molecular weight is 253 g/mol. The Bertz CT molecular complexity index is 648. The van der Waals surface area contributed by atoms with Crippen molar-refractivity contribution >= 4 is 16.6 Å². The monoisotopic (exact) mass is 253 g/mol. The fraction of sp³-hybridized carbons (Fsp3) is 0.438. The Morgan fingerprint density at radius 2 is 2.21 bits per heavy atom. The molecule has 0 bridgehead atoms. The first-order valence-electron chi connectivity index (χ1n) is 6.76. The average Bonchev–Trinajstić information content (AvgIpc) is 3.09. The first-order valence-corrected chi connectivity index (χ1v) is 6.76. The molecular formula is C16H19N3. The Morgan fingerprint density at radius 3 is 2.89 bits per heavy atom. The molecule has 1 fully saturated rings. The van der Waals surface area contributed by atoms with Crippen LogP contribution in [0.25, 0.3) is 15.7 Å². The summed E-state index contributed by atoms with van der Waals surface area (Å²) in [6.45, 7) is 9.43. The number of H-pyrrole nitrogens is 1. The summed E-state index contributed by atoms with van der Waals surface area (Å²) in [5.41, 5.74) is 3.26. The largest absolute Gasteiger partial charge is 0.361 e. The van der Waals surface area contributed by atoms with Crippen LogP contribution in [0.5, 0.6) is 0 Å². The molecule has 1 aromatic carbocycles. The summed E-state index contributed by atoms with van der Waals surface area (Å²) >= 11 is 0. The molecule has 0 saturated heterocycles. The molecule has 1 saturated carbocycles. The van der Waals surface area contributed by atoms with Crippen LogP contribution in [0.1, 0.15) is 24.8 Å². The van der Waals surface area contributed by atoms with Gasteiger partial charge in [0.25, 0.3) is 0 Å². The second kappa shape index (κ2) is 4.40. The van der Waals surface area contributed by atoms with Crippen LogP contribution in [0, 0.1) is 12.5 Å². The highest BCUT2D eigenvalue weighted by molar-refractivity contribution is 5.87. The molecule has 98 valence electrons. The lowest BCUT2D eigenvalue weighted by atomic mass is 10.0. The molecule has 2 aromatic rings.